The Kier molecular flexibility index (Phi) is 4.75. The van der Waals surface area contributed by atoms with E-state index in [1.807, 2.05) is 11.8 Å². The molecule has 0 radical (unpaired) electrons. The number of likely N-dealkylation sites (tertiary alicyclic amines) is 1. The summed E-state index contributed by atoms with van der Waals surface area (Å²) in [5, 5.41) is 17.5. The Labute approximate surface area is 119 Å². The second-order valence-corrected chi connectivity index (χ2v) is 6.01. The van der Waals surface area contributed by atoms with Crippen LogP contribution in [0.25, 0.3) is 0 Å². The molecule has 0 aromatic carbocycles. The third kappa shape index (κ3) is 3.56. The maximum Gasteiger partial charge on any atom is 0.244 e. The van der Waals surface area contributed by atoms with Crippen molar-refractivity contribution < 1.29 is 9.90 Å². The fourth-order valence-electron chi connectivity index (χ4n) is 2.86. The summed E-state index contributed by atoms with van der Waals surface area (Å²) in [6.07, 6.45) is 2.82. The second kappa shape index (κ2) is 6.35. The first-order valence-electron chi connectivity index (χ1n) is 7.35. The number of aliphatic hydroxyl groups is 1. The molecule has 1 aliphatic rings. The summed E-state index contributed by atoms with van der Waals surface area (Å²) in [7, 11) is 0. The smallest absolute Gasteiger partial charge is 0.244 e. The van der Waals surface area contributed by atoms with E-state index >= 15 is 0 Å². The molecule has 0 aliphatic carbocycles. The van der Waals surface area contributed by atoms with Gasteiger partial charge in [-0.15, -0.1) is 5.10 Å². The van der Waals surface area contributed by atoms with Gasteiger partial charge in [0.2, 0.25) is 5.91 Å². The number of hydrogen-bond donors (Lipinski definition) is 1. The molecule has 2 heterocycles. The van der Waals surface area contributed by atoms with Crippen LogP contribution in [-0.2, 0) is 11.3 Å². The molecule has 0 saturated carbocycles. The molecule has 6 nitrogen and oxygen atoms in total. The van der Waals surface area contributed by atoms with Crippen LogP contribution in [-0.4, -0.2) is 44.0 Å². The first-order valence-corrected chi connectivity index (χ1v) is 7.35. The van der Waals surface area contributed by atoms with Gasteiger partial charge >= 0.3 is 0 Å². The van der Waals surface area contributed by atoms with Crippen molar-refractivity contribution in [1.29, 1.82) is 0 Å². The summed E-state index contributed by atoms with van der Waals surface area (Å²) in [6.45, 7) is 8.08. The lowest BCUT2D eigenvalue weighted by Crippen LogP contribution is -2.44. The Bertz CT molecular complexity index is 450. The van der Waals surface area contributed by atoms with E-state index in [-0.39, 0.29) is 12.5 Å². The lowest BCUT2D eigenvalue weighted by atomic mass is 9.92. The third-order valence-corrected chi connectivity index (χ3v) is 3.80. The Morgan fingerprint density at radius 3 is 2.70 bits per heavy atom. The quantitative estimate of drug-likeness (QED) is 0.900. The SMILES string of the molecule is CCC(O)c1cn(CC(=O)N2CC(C)CC(C)C2)nn1. The van der Waals surface area contributed by atoms with Crippen molar-refractivity contribution in [2.45, 2.75) is 46.3 Å². The van der Waals surface area contributed by atoms with Gasteiger partial charge in [-0.25, -0.2) is 4.68 Å². The minimum Gasteiger partial charge on any atom is -0.387 e. The second-order valence-electron chi connectivity index (χ2n) is 6.01. The van der Waals surface area contributed by atoms with Crippen molar-refractivity contribution in [3.8, 4) is 0 Å². The predicted molar refractivity (Wildman–Crippen MR) is 74.8 cm³/mol. The molecule has 2 rings (SSSR count). The fraction of sp³-hybridized carbons (Fsp3) is 0.786. The first kappa shape index (κ1) is 15.0. The van der Waals surface area contributed by atoms with Crippen LogP contribution in [0.1, 0.15) is 45.4 Å². The lowest BCUT2D eigenvalue weighted by molar-refractivity contribution is -0.134. The van der Waals surface area contributed by atoms with Gasteiger partial charge in [-0.3, -0.25) is 4.79 Å². The van der Waals surface area contributed by atoms with Crippen LogP contribution < -0.4 is 0 Å². The number of rotatable bonds is 4. The van der Waals surface area contributed by atoms with E-state index in [2.05, 4.69) is 24.2 Å². The summed E-state index contributed by atoms with van der Waals surface area (Å²) in [6, 6.07) is 0. The molecule has 1 N–H and O–H groups in total. The van der Waals surface area contributed by atoms with Crippen molar-refractivity contribution in [3.05, 3.63) is 11.9 Å². The summed E-state index contributed by atoms with van der Waals surface area (Å²) in [5.41, 5.74) is 0.528. The van der Waals surface area contributed by atoms with Gasteiger partial charge in [0, 0.05) is 13.1 Å². The van der Waals surface area contributed by atoms with Crippen molar-refractivity contribution in [3.63, 3.8) is 0 Å². The Morgan fingerprint density at radius 2 is 2.10 bits per heavy atom. The molecule has 1 aromatic heterocycles. The highest BCUT2D eigenvalue weighted by atomic mass is 16.3. The van der Waals surface area contributed by atoms with Crippen LogP contribution >= 0.6 is 0 Å². The number of aliphatic hydroxyl groups excluding tert-OH is 1. The van der Waals surface area contributed by atoms with Gasteiger partial charge in [-0.05, 0) is 24.7 Å². The molecule has 0 bridgehead atoms. The van der Waals surface area contributed by atoms with E-state index < -0.39 is 6.10 Å². The lowest BCUT2D eigenvalue weighted by Gasteiger charge is -2.34. The van der Waals surface area contributed by atoms with E-state index in [4.69, 9.17) is 0 Å². The molecule has 3 atom stereocenters. The van der Waals surface area contributed by atoms with Crippen LogP contribution in [0.4, 0.5) is 0 Å². The molecule has 1 aliphatic heterocycles. The van der Waals surface area contributed by atoms with E-state index in [1.54, 1.807) is 6.20 Å². The van der Waals surface area contributed by atoms with Gasteiger partial charge in [-0.2, -0.15) is 0 Å². The number of piperidine rings is 1. The van der Waals surface area contributed by atoms with E-state index in [1.165, 1.54) is 11.1 Å². The number of nitrogens with zero attached hydrogens (tertiary/aromatic N) is 4. The number of amides is 1. The molecule has 20 heavy (non-hydrogen) atoms. The van der Waals surface area contributed by atoms with Crippen molar-refractivity contribution >= 4 is 5.91 Å². The van der Waals surface area contributed by atoms with Gasteiger partial charge < -0.3 is 10.0 Å². The summed E-state index contributed by atoms with van der Waals surface area (Å²) < 4.78 is 1.51. The molecular formula is C14H24N4O2. The first-order chi connectivity index (χ1) is 9.49. The molecule has 112 valence electrons. The topological polar surface area (TPSA) is 71.2 Å². The third-order valence-electron chi connectivity index (χ3n) is 3.80. The molecular weight excluding hydrogens is 256 g/mol. The zero-order chi connectivity index (χ0) is 14.7. The highest BCUT2D eigenvalue weighted by Crippen LogP contribution is 2.21. The van der Waals surface area contributed by atoms with Crippen molar-refractivity contribution in [1.82, 2.24) is 19.9 Å². The molecule has 1 amide bonds. The monoisotopic (exact) mass is 280 g/mol. The Hall–Kier alpha value is -1.43. The maximum absolute atomic E-state index is 12.3. The highest BCUT2D eigenvalue weighted by Gasteiger charge is 2.25. The Morgan fingerprint density at radius 1 is 1.45 bits per heavy atom. The van der Waals surface area contributed by atoms with E-state index in [0.717, 1.165) is 13.1 Å². The maximum atomic E-state index is 12.3. The largest absolute Gasteiger partial charge is 0.387 e. The average molecular weight is 280 g/mol. The van der Waals surface area contributed by atoms with E-state index in [9.17, 15) is 9.90 Å². The molecule has 1 aromatic rings. The van der Waals surface area contributed by atoms with Gasteiger partial charge in [-0.1, -0.05) is 26.0 Å². The number of carbonyl (C=O) groups excluding carboxylic acids is 1. The van der Waals surface area contributed by atoms with Crippen molar-refractivity contribution in [2.75, 3.05) is 13.1 Å². The van der Waals surface area contributed by atoms with Crippen LogP contribution in [0.5, 0.6) is 0 Å². The molecule has 1 fully saturated rings. The van der Waals surface area contributed by atoms with Gasteiger partial charge in [0.25, 0.3) is 0 Å². The van der Waals surface area contributed by atoms with E-state index in [0.29, 0.717) is 24.0 Å². The molecule has 0 spiro atoms. The van der Waals surface area contributed by atoms with Crippen LogP contribution in [0.3, 0.4) is 0 Å². The molecule has 3 unspecified atom stereocenters. The Balaban J connectivity index is 1.95. The average Bonchev–Trinajstić information content (AvgIpc) is 2.85. The summed E-state index contributed by atoms with van der Waals surface area (Å²) in [4.78, 5) is 14.2. The van der Waals surface area contributed by atoms with Crippen LogP contribution in [0.15, 0.2) is 6.20 Å². The zero-order valence-corrected chi connectivity index (χ0v) is 12.5. The fourth-order valence-corrected chi connectivity index (χ4v) is 2.86. The zero-order valence-electron chi connectivity index (χ0n) is 12.5. The summed E-state index contributed by atoms with van der Waals surface area (Å²) in [5.74, 6) is 1.18. The van der Waals surface area contributed by atoms with Gasteiger partial charge in [0.15, 0.2) is 0 Å². The van der Waals surface area contributed by atoms with Gasteiger partial charge in [0.05, 0.1) is 12.3 Å². The predicted octanol–water partition coefficient (Wildman–Crippen LogP) is 1.23. The number of hydrogen-bond acceptors (Lipinski definition) is 4. The van der Waals surface area contributed by atoms with Crippen LogP contribution in [0, 0.1) is 11.8 Å². The molecule has 6 heteroatoms. The van der Waals surface area contributed by atoms with Crippen LogP contribution in [0.2, 0.25) is 0 Å². The van der Waals surface area contributed by atoms with Gasteiger partial charge in [0.1, 0.15) is 12.2 Å². The minimum absolute atomic E-state index is 0.0749. The number of carbonyl (C=O) groups is 1. The summed E-state index contributed by atoms with van der Waals surface area (Å²) >= 11 is 0. The normalized spacial score (nSPS) is 24.7. The highest BCUT2D eigenvalue weighted by molar-refractivity contribution is 5.76. The minimum atomic E-state index is -0.603. The van der Waals surface area contributed by atoms with Crippen molar-refractivity contribution in [2.24, 2.45) is 11.8 Å². The standard InChI is InChI=1S/C14H24N4O2/c1-4-13(19)12-8-18(16-15-12)9-14(20)17-6-10(2)5-11(3)7-17/h8,10-11,13,19H,4-7,9H2,1-3H3. The molecule has 1 saturated heterocycles. The number of aromatic nitrogens is 3.